The Labute approximate surface area is 178 Å². The lowest BCUT2D eigenvalue weighted by atomic mass is 9.91. The minimum absolute atomic E-state index is 0.139. The second kappa shape index (κ2) is 9.31. The number of imidazole rings is 1. The molecule has 2 aromatic heterocycles. The van der Waals surface area contributed by atoms with Crippen LogP contribution in [0.2, 0.25) is 0 Å². The molecular weight excluding hydrogens is 382 g/mol. The van der Waals surface area contributed by atoms with E-state index >= 15 is 0 Å². The number of rotatable bonds is 6. The topological polar surface area (TPSA) is 72.7 Å². The van der Waals surface area contributed by atoms with Crippen molar-refractivity contribution in [1.82, 2.24) is 19.4 Å². The highest BCUT2D eigenvalue weighted by Gasteiger charge is 2.30. The van der Waals surface area contributed by atoms with E-state index in [2.05, 4.69) is 25.4 Å². The van der Waals surface area contributed by atoms with Crippen LogP contribution in [0, 0.1) is 5.92 Å². The van der Waals surface area contributed by atoms with Crippen molar-refractivity contribution in [1.29, 1.82) is 0 Å². The Balaban J connectivity index is 1.49. The molecule has 0 unspecified atom stereocenters. The van der Waals surface area contributed by atoms with Crippen LogP contribution in [0.15, 0.2) is 12.4 Å². The quantitative estimate of drug-likeness (QED) is 0.720. The maximum atomic E-state index is 12.8. The minimum atomic E-state index is 0.139. The average Bonchev–Trinajstić information content (AvgIpc) is 3.17. The molecule has 2 aromatic rings. The van der Waals surface area contributed by atoms with Gasteiger partial charge in [0.2, 0.25) is 5.91 Å². The summed E-state index contributed by atoms with van der Waals surface area (Å²) < 4.78 is 12.7. The van der Waals surface area contributed by atoms with Crippen LogP contribution >= 0.6 is 0 Å². The summed E-state index contributed by atoms with van der Waals surface area (Å²) in [5.74, 6) is 1.71. The van der Waals surface area contributed by atoms with Gasteiger partial charge in [0.25, 0.3) is 0 Å². The monoisotopic (exact) mass is 415 g/mol. The second-order valence-electron chi connectivity index (χ2n) is 8.49. The van der Waals surface area contributed by atoms with Crippen LogP contribution in [0.5, 0.6) is 0 Å². The lowest BCUT2D eigenvalue weighted by Crippen LogP contribution is -2.42. The Hall–Kier alpha value is -2.19. The van der Waals surface area contributed by atoms with Crippen molar-refractivity contribution >= 4 is 22.8 Å². The molecule has 0 radical (unpaired) electrons. The smallest absolute Gasteiger partial charge is 0.225 e. The zero-order chi connectivity index (χ0) is 21.1. The van der Waals surface area contributed by atoms with Gasteiger partial charge in [-0.05, 0) is 31.7 Å². The molecule has 0 atom stereocenters. The fourth-order valence-electron chi connectivity index (χ4n) is 4.54. The number of nitrogens with zero attached hydrogens (tertiary/aromatic N) is 5. The number of piperidine rings is 1. The number of likely N-dealkylation sites (N-methyl/N-ethyl adjacent to an activating group) is 1. The van der Waals surface area contributed by atoms with Gasteiger partial charge in [-0.1, -0.05) is 0 Å². The van der Waals surface area contributed by atoms with Crippen molar-refractivity contribution in [2.45, 2.75) is 31.6 Å². The van der Waals surface area contributed by atoms with Crippen LogP contribution in [-0.2, 0) is 21.3 Å². The molecule has 2 saturated heterocycles. The van der Waals surface area contributed by atoms with Crippen molar-refractivity contribution in [2.24, 2.45) is 13.0 Å². The van der Waals surface area contributed by atoms with Gasteiger partial charge in [-0.15, -0.1) is 0 Å². The molecule has 30 heavy (non-hydrogen) atoms. The molecule has 0 spiro atoms. The van der Waals surface area contributed by atoms with Crippen LogP contribution in [0.25, 0.3) is 11.0 Å². The van der Waals surface area contributed by atoms with Crippen molar-refractivity contribution < 1.29 is 14.3 Å². The van der Waals surface area contributed by atoms with Gasteiger partial charge in [0, 0.05) is 71.6 Å². The van der Waals surface area contributed by atoms with Crippen molar-refractivity contribution in [3.63, 3.8) is 0 Å². The van der Waals surface area contributed by atoms with Gasteiger partial charge >= 0.3 is 0 Å². The zero-order valence-electron chi connectivity index (χ0n) is 18.3. The third-order valence-electron chi connectivity index (χ3n) is 6.50. The first-order chi connectivity index (χ1) is 14.6. The van der Waals surface area contributed by atoms with Gasteiger partial charge in [-0.2, -0.15) is 0 Å². The number of pyridine rings is 1. The number of ether oxygens (including phenoxy) is 2. The molecule has 0 N–H and O–H groups in total. The summed E-state index contributed by atoms with van der Waals surface area (Å²) in [6.07, 6.45) is 5.46. The largest absolute Gasteiger partial charge is 0.383 e. The van der Waals surface area contributed by atoms with Crippen molar-refractivity contribution in [2.75, 3.05) is 58.5 Å². The summed E-state index contributed by atoms with van der Waals surface area (Å²) in [5.41, 5.74) is 3.12. The molecular formula is C22H33N5O3. The van der Waals surface area contributed by atoms with Crippen molar-refractivity contribution in [3.8, 4) is 0 Å². The highest BCUT2D eigenvalue weighted by molar-refractivity contribution is 5.87. The lowest BCUT2D eigenvalue weighted by molar-refractivity contribution is -0.139. The SMILES string of the molecule is COCCN(C)c1nc(C2CCN(C(=O)C3CCOCC3)CC2)cc2c1ncn2C. The van der Waals surface area contributed by atoms with Crippen LogP contribution in [0.3, 0.4) is 0 Å². The molecule has 0 aromatic carbocycles. The fourth-order valence-corrected chi connectivity index (χ4v) is 4.54. The zero-order valence-corrected chi connectivity index (χ0v) is 18.3. The first-order valence-corrected chi connectivity index (χ1v) is 11.0. The van der Waals surface area contributed by atoms with E-state index in [1.807, 2.05) is 20.4 Å². The number of carbonyl (C=O) groups excluding carboxylic acids is 1. The van der Waals surface area contributed by atoms with Gasteiger partial charge in [0.05, 0.1) is 18.5 Å². The number of amides is 1. The maximum absolute atomic E-state index is 12.8. The normalized spacial score (nSPS) is 18.8. The number of aryl methyl sites for hydroxylation is 1. The maximum Gasteiger partial charge on any atom is 0.225 e. The molecule has 1 amide bonds. The molecule has 164 valence electrons. The molecule has 0 bridgehead atoms. The molecule has 8 nitrogen and oxygen atoms in total. The van der Waals surface area contributed by atoms with Crippen LogP contribution in [0.4, 0.5) is 5.82 Å². The summed E-state index contributed by atoms with van der Waals surface area (Å²) >= 11 is 0. The Morgan fingerprint density at radius 2 is 2.00 bits per heavy atom. The number of hydrogen-bond donors (Lipinski definition) is 0. The Bertz CT molecular complexity index is 869. The molecule has 2 aliphatic rings. The Morgan fingerprint density at radius 3 is 2.70 bits per heavy atom. The highest BCUT2D eigenvalue weighted by atomic mass is 16.5. The summed E-state index contributed by atoms with van der Waals surface area (Å²) in [5, 5.41) is 0. The summed E-state index contributed by atoms with van der Waals surface area (Å²) in [6, 6.07) is 2.18. The number of fused-ring (bicyclic) bond motifs is 1. The third kappa shape index (κ3) is 4.30. The minimum Gasteiger partial charge on any atom is -0.383 e. The van der Waals surface area contributed by atoms with Crippen LogP contribution < -0.4 is 4.90 Å². The van der Waals surface area contributed by atoms with Gasteiger partial charge in [0.15, 0.2) is 5.82 Å². The van der Waals surface area contributed by atoms with E-state index in [9.17, 15) is 4.79 Å². The third-order valence-corrected chi connectivity index (χ3v) is 6.50. The van der Waals surface area contributed by atoms with E-state index in [1.165, 1.54) is 0 Å². The molecule has 4 rings (SSSR count). The standard InChI is InChI=1S/C22H33N5O3/c1-25(10-13-29-3)21-20-19(26(2)15-23-20)14-18(24-21)16-4-8-27(9-5-16)22(28)17-6-11-30-12-7-17/h14-17H,4-13H2,1-3H3. The Kier molecular flexibility index (Phi) is 6.53. The highest BCUT2D eigenvalue weighted by Crippen LogP contribution is 2.33. The van der Waals surface area contributed by atoms with Gasteiger partial charge in [0.1, 0.15) is 5.52 Å². The van der Waals surface area contributed by atoms with E-state index in [0.29, 0.717) is 31.6 Å². The van der Waals surface area contributed by atoms with E-state index in [-0.39, 0.29) is 5.92 Å². The predicted octanol–water partition coefficient (Wildman–Crippen LogP) is 2.18. The fraction of sp³-hybridized carbons (Fsp3) is 0.682. The van der Waals surface area contributed by atoms with E-state index in [4.69, 9.17) is 14.5 Å². The van der Waals surface area contributed by atoms with E-state index in [1.54, 1.807) is 7.11 Å². The first kappa shape index (κ1) is 21.1. The first-order valence-electron chi connectivity index (χ1n) is 11.0. The van der Waals surface area contributed by atoms with Gasteiger partial charge < -0.3 is 23.8 Å². The lowest BCUT2D eigenvalue weighted by Gasteiger charge is -2.35. The molecule has 8 heteroatoms. The van der Waals surface area contributed by atoms with Gasteiger partial charge in [-0.25, -0.2) is 9.97 Å². The summed E-state index contributed by atoms with van der Waals surface area (Å²) in [7, 11) is 5.77. The number of aromatic nitrogens is 3. The molecule has 2 aliphatic heterocycles. The summed E-state index contributed by atoms with van der Waals surface area (Å²) in [6.45, 7) is 4.43. The number of carbonyl (C=O) groups is 1. The molecule has 0 saturated carbocycles. The number of anilines is 1. The number of likely N-dealkylation sites (tertiary alicyclic amines) is 1. The van der Waals surface area contributed by atoms with E-state index < -0.39 is 0 Å². The molecule has 0 aliphatic carbocycles. The van der Waals surface area contributed by atoms with E-state index in [0.717, 1.165) is 67.9 Å². The van der Waals surface area contributed by atoms with Crippen LogP contribution in [0.1, 0.15) is 37.3 Å². The van der Waals surface area contributed by atoms with Crippen molar-refractivity contribution in [3.05, 3.63) is 18.1 Å². The predicted molar refractivity (Wildman–Crippen MR) is 116 cm³/mol. The summed E-state index contributed by atoms with van der Waals surface area (Å²) in [4.78, 5) is 26.6. The average molecular weight is 416 g/mol. The Morgan fingerprint density at radius 1 is 1.27 bits per heavy atom. The van der Waals surface area contributed by atoms with Crippen LogP contribution in [-0.4, -0.2) is 79.0 Å². The number of methoxy groups -OCH3 is 1. The molecule has 4 heterocycles. The second-order valence-corrected chi connectivity index (χ2v) is 8.49. The number of hydrogen-bond acceptors (Lipinski definition) is 6. The van der Waals surface area contributed by atoms with Gasteiger partial charge in [-0.3, -0.25) is 4.79 Å². The molecule has 2 fully saturated rings.